The monoisotopic (exact) mass is 638 g/mol. The van der Waals surface area contributed by atoms with E-state index in [2.05, 4.69) is 15.9 Å². The molecule has 7 rings (SSSR count). The summed E-state index contributed by atoms with van der Waals surface area (Å²) in [6, 6.07) is 5.57. The lowest BCUT2D eigenvalue weighted by Crippen LogP contribution is -2.47. The first-order valence-corrected chi connectivity index (χ1v) is 16.2. The predicted octanol–water partition coefficient (Wildman–Crippen LogP) is 3.78. The molecule has 1 aromatic carbocycles. The number of hydrogen-bond donors (Lipinski definition) is 0. The lowest BCUT2D eigenvalue weighted by Gasteiger charge is -2.26. The largest absolute Gasteiger partial charge is 0.456 e. The van der Waals surface area contributed by atoms with Crippen LogP contribution >= 0.6 is 15.9 Å². The number of likely N-dealkylation sites (tertiary alicyclic amines) is 2. The number of carbonyl (C=O) groups is 6. The Bertz CT molecular complexity index is 1300. The smallest absolute Gasteiger partial charge is 0.329 e. The standard InChI is InChI=1S/C32H35BrN2O7/c33-21-10-8-16(9-11-21)23(36)15-42-32(41)22(35-30(39)26-19-6-7-20(14-19)27(26)31(35)40)3-1-2-12-34-28(37)24-17-4-5-18(13-17)25(24)29(34)38/h8-11,17-20,22,24-27H,1-7,12-15H2/t17-,18-,19-,20-,22+,24-,25+,26-,27+/m1/s1. The zero-order chi connectivity index (χ0) is 29.3. The first-order chi connectivity index (χ1) is 20.2. The Labute approximate surface area is 252 Å². The third-order valence-electron chi connectivity index (χ3n) is 11.2. The van der Waals surface area contributed by atoms with Crippen molar-refractivity contribution in [3.8, 4) is 0 Å². The highest BCUT2D eigenvalue weighted by atomic mass is 79.9. The molecule has 9 nitrogen and oxygen atoms in total. The number of ether oxygens (including phenoxy) is 1. The van der Waals surface area contributed by atoms with Crippen molar-refractivity contribution in [3.63, 3.8) is 0 Å². The van der Waals surface area contributed by atoms with Crippen molar-refractivity contribution < 1.29 is 33.5 Å². The summed E-state index contributed by atoms with van der Waals surface area (Å²) in [5, 5.41) is 0. The molecule has 2 heterocycles. The van der Waals surface area contributed by atoms with Crippen LogP contribution in [0.2, 0.25) is 0 Å². The second-order valence-electron chi connectivity index (χ2n) is 13.2. The van der Waals surface area contributed by atoms with E-state index in [9.17, 15) is 28.8 Å². The van der Waals surface area contributed by atoms with Crippen LogP contribution in [0.15, 0.2) is 28.7 Å². The topological polar surface area (TPSA) is 118 Å². The van der Waals surface area contributed by atoms with E-state index in [-0.39, 0.29) is 77.9 Å². The number of nitrogens with zero attached hydrogens (tertiary/aromatic N) is 2. The van der Waals surface area contributed by atoms with E-state index in [0.717, 1.165) is 47.9 Å². The van der Waals surface area contributed by atoms with Crippen LogP contribution in [0.5, 0.6) is 0 Å². The Morgan fingerprint density at radius 1 is 0.762 bits per heavy atom. The molecule has 0 aromatic heterocycles. The summed E-state index contributed by atoms with van der Waals surface area (Å²) < 4.78 is 6.25. The van der Waals surface area contributed by atoms with Crippen molar-refractivity contribution in [3.05, 3.63) is 34.3 Å². The summed E-state index contributed by atoms with van der Waals surface area (Å²) in [6.07, 6.45) is 6.80. The van der Waals surface area contributed by atoms with E-state index in [1.807, 2.05) is 0 Å². The van der Waals surface area contributed by atoms with Crippen LogP contribution in [0.4, 0.5) is 0 Å². The number of carbonyl (C=O) groups excluding carboxylic acids is 6. The van der Waals surface area contributed by atoms with Crippen molar-refractivity contribution >= 4 is 51.3 Å². The maximum Gasteiger partial charge on any atom is 0.329 e. The van der Waals surface area contributed by atoms with Crippen molar-refractivity contribution in [1.82, 2.24) is 9.80 Å². The van der Waals surface area contributed by atoms with Crippen LogP contribution in [0, 0.1) is 47.3 Å². The number of esters is 1. The van der Waals surface area contributed by atoms with Crippen LogP contribution in [0.3, 0.4) is 0 Å². The van der Waals surface area contributed by atoms with Gasteiger partial charge in [-0.2, -0.15) is 0 Å². The van der Waals surface area contributed by atoms with Crippen LogP contribution in [-0.4, -0.2) is 64.4 Å². The van der Waals surface area contributed by atoms with Gasteiger partial charge in [-0.1, -0.05) is 28.1 Å². The minimum Gasteiger partial charge on any atom is -0.456 e. The van der Waals surface area contributed by atoms with Crippen molar-refractivity contribution in [1.29, 1.82) is 0 Å². The van der Waals surface area contributed by atoms with Crippen LogP contribution in [-0.2, 0) is 28.7 Å². The Balaban J connectivity index is 1.02. The SMILES string of the molecule is O=C(COC(=O)[C@H](CCCCN1C(=O)[C@@H]2[C@@H]3CC[C@H](C3)[C@@H]2C1=O)N1C(=O)[C@@H]2[C@@H]3CC[C@H](C3)[C@@H]2C1=O)c1ccc(Br)cc1. The van der Waals surface area contributed by atoms with E-state index >= 15 is 0 Å². The molecule has 9 atom stereocenters. The zero-order valence-corrected chi connectivity index (χ0v) is 25.0. The molecule has 6 fully saturated rings. The highest BCUT2D eigenvalue weighted by molar-refractivity contribution is 9.10. The number of unbranched alkanes of at least 4 members (excludes halogenated alkanes) is 1. The summed E-state index contributed by atoms with van der Waals surface area (Å²) in [4.78, 5) is 81.9. The van der Waals surface area contributed by atoms with E-state index in [0.29, 0.717) is 30.2 Å². The summed E-state index contributed by atoms with van der Waals surface area (Å²) in [7, 11) is 0. The van der Waals surface area contributed by atoms with Crippen LogP contribution in [0.1, 0.15) is 68.1 Å². The first kappa shape index (κ1) is 27.9. The van der Waals surface area contributed by atoms with Gasteiger partial charge in [0.05, 0.1) is 23.7 Å². The summed E-state index contributed by atoms with van der Waals surface area (Å²) >= 11 is 3.33. The van der Waals surface area contributed by atoms with Gasteiger partial charge in [0.15, 0.2) is 12.4 Å². The molecule has 1 aromatic rings. The number of ketones is 1. The lowest BCUT2D eigenvalue weighted by molar-refractivity contribution is -0.159. The van der Waals surface area contributed by atoms with Gasteiger partial charge in [0.2, 0.25) is 23.6 Å². The molecule has 222 valence electrons. The Morgan fingerprint density at radius 2 is 1.26 bits per heavy atom. The molecule has 6 aliphatic rings. The van der Waals surface area contributed by atoms with Gasteiger partial charge >= 0.3 is 5.97 Å². The molecule has 2 aliphatic heterocycles. The maximum atomic E-state index is 13.6. The number of imide groups is 2. The molecule has 4 aliphatic carbocycles. The minimum absolute atomic E-state index is 0.0622. The van der Waals surface area contributed by atoms with Gasteiger partial charge in [-0.3, -0.25) is 33.8 Å². The maximum absolute atomic E-state index is 13.6. The minimum atomic E-state index is -1.13. The van der Waals surface area contributed by atoms with Crippen molar-refractivity contribution in [2.24, 2.45) is 47.3 Å². The summed E-state index contributed by atoms with van der Waals surface area (Å²) in [5.41, 5.74) is 0.389. The van der Waals surface area contributed by atoms with Gasteiger partial charge in [0.1, 0.15) is 6.04 Å². The Hall–Kier alpha value is -2.88. The molecule has 0 unspecified atom stereocenters. The van der Waals surface area contributed by atoms with Crippen LogP contribution < -0.4 is 0 Å². The molecule has 0 N–H and O–H groups in total. The van der Waals surface area contributed by atoms with Gasteiger partial charge in [0, 0.05) is 16.6 Å². The summed E-state index contributed by atoms with van der Waals surface area (Å²) in [6.45, 7) is -0.224. The number of amides is 4. The average Bonchev–Trinajstić information content (AvgIpc) is 3.83. The number of hydrogen-bond acceptors (Lipinski definition) is 7. The number of benzene rings is 1. The normalized spacial score (nSPS) is 34.9. The molecule has 2 saturated heterocycles. The fraction of sp³-hybridized carbons (Fsp3) is 0.625. The highest BCUT2D eigenvalue weighted by Crippen LogP contribution is 2.57. The Kier molecular flexibility index (Phi) is 7.10. The quantitative estimate of drug-likeness (QED) is 0.166. The molecule has 10 heteroatoms. The van der Waals surface area contributed by atoms with E-state index in [4.69, 9.17) is 4.74 Å². The molecule has 42 heavy (non-hydrogen) atoms. The molecule has 4 saturated carbocycles. The van der Waals surface area contributed by atoms with Gasteiger partial charge < -0.3 is 4.74 Å². The second kappa shape index (κ2) is 10.7. The van der Waals surface area contributed by atoms with E-state index in [1.54, 1.807) is 24.3 Å². The fourth-order valence-corrected chi connectivity index (χ4v) is 9.61. The van der Waals surface area contributed by atoms with Crippen LogP contribution in [0.25, 0.3) is 0 Å². The lowest BCUT2D eigenvalue weighted by atomic mass is 9.81. The highest BCUT2D eigenvalue weighted by Gasteiger charge is 2.63. The van der Waals surface area contributed by atoms with E-state index in [1.165, 1.54) is 4.90 Å². The number of halogens is 1. The fourth-order valence-electron chi connectivity index (χ4n) is 9.34. The molecule has 0 radical (unpaired) electrons. The van der Waals surface area contributed by atoms with Gasteiger partial charge in [-0.05, 0) is 93.6 Å². The zero-order valence-electron chi connectivity index (χ0n) is 23.4. The van der Waals surface area contributed by atoms with Gasteiger partial charge in [-0.15, -0.1) is 0 Å². The van der Waals surface area contributed by atoms with Gasteiger partial charge in [-0.25, -0.2) is 4.79 Å². The molecular weight excluding hydrogens is 604 g/mol. The average molecular weight is 640 g/mol. The Morgan fingerprint density at radius 3 is 1.79 bits per heavy atom. The molecule has 4 bridgehead atoms. The molecular formula is C32H35BrN2O7. The first-order valence-electron chi connectivity index (χ1n) is 15.4. The number of fused-ring (bicyclic) bond motifs is 10. The van der Waals surface area contributed by atoms with E-state index < -0.39 is 18.6 Å². The second-order valence-corrected chi connectivity index (χ2v) is 14.1. The number of rotatable bonds is 10. The third-order valence-corrected chi connectivity index (χ3v) is 11.7. The number of Topliss-reactive ketones (excluding diaryl/α,β-unsaturated/α-hetero) is 1. The summed E-state index contributed by atoms with van der Waals surface area (Å²) in [5.74, 6) is -1.95. The third kappa shape index (κ3) is 4.38. The predicted molar refractivity (Wildman–Crippen MR) is 151 cm³/mol. The van der Waals surface area contributed by atoms with Crippen molar-refractivity contribution in [2.45, 2.75) is 63.8 Å². The molecule has 4 amide bonds. The molecule has 0 spiro atoms. The van der Waals surface area contributed by atoms with Gasteiger partial charge in [0.25, 0.3) is 0 Å². The van der Waals surface area contributed by atoms with Crippen molar-refractivity contribution in [2.75, 3.05) is 13.2 Å².